The van der Waals surface area contributed by atoms with Gasteiger partial charge in [0.05, 0.1) is 18.0 Å². The van der Waals surface area contributed by atoms with Crippen molar-refractivity contribution in [3.8, 4) is 0 Å². The molecule has 6 N–H and O–H groups in total. The molecule has 11 heteroatoms. The van der Waals surface area contributed by atoms with E-state index < -0.39 is 17.9 Å². The van der Waals surface area contributed by atoms with E-state index in [1.165, 1.54) is 0 Å². The molecule has 4 aliphatic rings. The number of rotatable bonds is 12. The molecule has 0 aliphatic carbocycles. The van der Waals surface area contributed by atoms with Gasteiger partial charge in [0, 0.05) is 64.9 Å². The molecule has 3 saturated heterocycles. The van der Waals surface area contributed by atoms with Gasteiger partial charge in [0.2, 0.25) is 11.8 Å². The van der Waals surface area contributed by atoms with E-state index in [2.05, 4.69) is 34.1 Å². The Labute approximate surface area is 261 Å². The molecule has 6 atom stereocenters. The molecule has 0 radical (unpaired) electrons. The van der Waals surface area contributed by atoms with Gasteiger partial charge in [0.15, 0.2) is 0 Å². The quantitative estimate of drug-likeness (QED) is 0.153. The summed E-state index contributed by atoms with van der Waals surface area (Å²) >= 11 is 1.85. The molecule has 1 aromatic heterocycles. The number of aromatic nitrogens is 1. The molecule has 2 unspecified atom stereocenters. The van der Waals surface area contributed by atoms with E-state index in [0.717, 1.165) is 50.8 Å². The highest BCUT2D eigenvalue weighted by Gasteiger charge is 2.45. The van der Waals surface area contributed by atoms with Gasteiger partial charge in [0.25, 0.3) is 0 Å². The number of thioether (sulfide) groups is 1. The first kappa shape index (κ1) is 31.4. The maximum absolute atomic E-state index is 12.6. The number of amides is 2. The lowest BCUT2D eigenvalue weighted by Gasteiger charge is -2.17. The zero-order chi connectivity index (χ0) is 31.9. The van der Waals surface area contributed by atoms with Crippen molar-refractivity contribution in [2.24, 2.45) is 17.8 Å². The maximum Gasteiger partial charge on any atom is 0.303 e. The van der Waals surface area contributed by atoms with Crippen LogP contribution in [0.15, 0.2) is 53.4 Å². The number of allylic oxidation sites excluding steroid dienone is 2. The second kappa shape index (κ2) is 12.6. The Hall–Kier alpha value is -3.99. The summed E-state index contributed by atoms with van der Waals surface area (Å²) in [5.74, 6) is -1.36. The minimum Gasteiger partial charge on any atom is -0.481 e. The number of carbonyl (C=O) groups is 4. The number of carbonyl (C=O) groups excluding carboxylic acids is 2. The Morgan fingerprint density at radius 1 is 1.07 bits per heavy atom. The Morgan fingerprint density at radius 3 is 2.36 bits per heavy atom. The van der Waals surface area contributed by atoms with Gasteiger partial charge in [0.1, 0.15) is 0 Å². The fourth-order valence-corrected chi connectivity index (χ4v) is 7.61. The molecule has 0 saturated carbocycles. The molecule has 44 heavy (non-hydrogen) atoms. The van der Waals surface area contributed by atoms with Crippen LogP contribution < -0.4 is 16.0 Å². The molecule has 2 amide bonds. The highest BCUT2D eigenvalue weighted by molar-refractivity contribution is 8.06. The van der Waals surface area contributed by atoms with Gasteiger partial charge in [-0.1, -0.05) is 19.6 Å². The summed E-state index contributed by atoms with van der Waals surface area (Å²) in [6, 6.07) is -0.633. The van der Waals surface area contributed by atoms with E-state index in [9.17, 15) is 29.4 Å². The van der Waals surface area contributed by atoms with Gasteiger partial charge in [-0.05, 0) is 66.7 Å². The summed E-state index contributed by atoms with van der Waals surface area (Å²) in [5, 5.41) is 28.9. The molecule has 3 fully saturated rings. The van der Waals surface area contributed by atoms with E-state index in [-0.39, 0.29) is 48.6 Å². The van der Waals surface area contributed by atoms with Gasteiger partial charge in [-0.15, -0.1) is 6.58 Å². The summed E-state index contributed by atoms with van der Waals surface area (Å²) in [5.41, 5.74) is 7.82. The van der Waals surface area contributed by atoms with Crippen LogP contribution in [0.5, 0.6) is 0 Å². The SMILES string of the molecule is C=CC1C(=C)[C@@H](/C=C2/NC(Cc3[nH]c(/C=C4\NC(=O)[C@H](C)[C@H]4[C@H]4CS4)c(C)c3CCC(=O)O)C(CCC(=O)O)=C2C)NC1=O. The third-order valence-corrected chi connectivity index (χ3v) is 10.3. The fourth-order valence-electron chi connectivity index (χ4n) is 6.70. The normalized spacial score (nSPS) is 29.8. The Kier molecular flexibility index (Phi) is 8.97. The monoisotopic (exact) mass is 620 g/mol. The minimum atomic E-state index is -0.894. The molecule has 0 aromatic carbocycles. The highest BCUT2D eigenvalue weighted by Crippen LogP contribution is 2.46. The van der Waals surface area contributed by atoms with Crippen molar-refractivity contribution in [1.29, 1.82) is 0 Å². The van der Waals surface area contributed by atoms with Crippen LogP contribution in [0.25, 0.3) is 6.08 Å². The van der Waals surface area contributed by atoms with E-state index in [1.54, 1.807) is 6.08 Å². The van der Waals surface area contributed by atoms with Crippen molar-refractivity contribution in [2.75, 3.05) is 5.75 Å². The molecule has 234 valence electrons. The number of nitrogens with one attached hydrogen (secondary N) is 4. The van der Waals surface area contributed by atoms with Crippen molar-refractivity contribution in [3.05, 3.63) is 75.9 Å². The predicted octanol–water partition coefficient (Wildman–Crippen LogP) is 3.62. The van der Waals surface area contributed by atoms with Crippen LogP contribution in [0, 0.1) is 24.7 Å². The first-order chi connectivity index (χ1) is 20.9. The van der Waals surface area contributed by atoms with E-state index >= 15 is 0 Å². The second-order valence-electron chi connectivity index (χ2n) is 12.1. The van der Waals surface area contributed by atoms with Crippen molar-refractivity contribution < 1.29 is 29.4 Å². The fraction of sp³-hybridized carbons (Fsp3) is 0.455. The number of hydrogen-bond acceptors (Lipinski definition) is 6. The van der Waals surface area contributed by atoms with Crippen LogP contribution in [0.4, 0.5) is 0 Å². The first-order valence-corrected chi connectivity index (χ1v) is 16.0. The van der Waals surface area contributed by atoms with Crippen molar-refractivity contribution in [3.63, 3.8) is 0 Å². The molecule has 10 nitrogen and oxygen atoms in total. The minimum absolute atomic E-state index is 0.0167. The molecular formula is C33H40N4O6S. The van der Waals surface area contributed by atoms with E-state index in [1.807, 2.05) is 44.7 Å². The predicted molar refractivity (Wildman–Crippen MR) is 170 cm³/mol. The number of carboxylic acid groups (broad SMARTS) is 2. The summed E-state index contributed by atoms with van der Waals surface area (Å²) in [4.78, 5) is 51.6. The lowest BCUT2D eigenvalue weighted by molar-refractivity contribution is -0.138. The molecule has 0 spiro atoms. The lowest BCUT2D eigenvalue weighted by Crippen LogP contribution is -2.30. The number of carboxylic acids is 2. The molecule has 5 heterocycles. The summed E-state index contributed by atoms with van der Waals surface area (Å²) in [6.07, 6.45) is 6.57. The number of hydrogen-bond donors (Lipinski definition) is 6. The average Bonchev–Trinajstić information content (AvgIpc) is 3.53. The van der Waals surface area contributed by atoms with Crippen LogP contribution in [-0.2, 0) is 32.0 Å². The Balaban J connectivity index is 1.48. The van der Waals surface area contributed by atoms with Crippen LogP contribution in [0.2, 0.25) is 0 Å². The Morgan fingerprint density at radius 2 is 1.75 bits per heavy atom. The molecule has 0 bridgehead atoms. The first-order valence-electron chi connectivity index (χ1n) is 15.0. The van der Waals surface area contributed by atoms with Gasteiger partial charge in [-0.3, -0.25) is 19.2 Å². The van der Waals surface area contributed by atoms with Crippen molar-refractivity contribution >= 4 is 41.6 Å². The highest BCUT2D eigenvalue weighted by atomic mass is 32.2. The number of H-pyrrole nitrogens is 1. The van der Waals surface area contributed by atoms with Crippen LogP contribution in [0.1, 0.15) is 55.6 Å². The van der Waals surface area contributed by atoms with Crippen LogP contribution in [0.3, 0.4) is 0 Å². The third kappa shape index (κ3) is 6.29. The average molecular weight is 621 g/mol. The lowest BCUT2D eigenvalue weighted by atomic mass is 9.91. The van der Waals surface area contributed by atoms with Gasteiger partial charge >= 0.3 is 11.9 Å². The summed E-state index contributed by atoms with van der Waals surface area (Å²) in [6.45, 7) is 13.7. The topological polar surface area (TPSA) is 161 Å². The zero-order valence-electron chi connectivity index (χ0n) is 25.3. The number of aromatic amines is 1. The standard InChI is InChI=1S/C33H40N4O6S/c1-6-19-15(2)24(36-33(19)43)11-22-16(3)20(7-9-29(38)39)25(34-22)13-26-21(8-10-30(40)41)17(4)23(35-26)12-27-31(28-14-44-28)18(5)32(42)37-27/h6,11-12,18-19,24-25,28,31,34-35H,1-2,7-10,13-14H2,3-5H3,(H,36,43)(H,37,42)(H,38,39)(H,40,41)/b22-11+,27-12-/t18-,19?,24-,25?,28-,31-/m1/s1. The second-order valence-corrected chi connectivity index (χ2v) is 13.4. The van der Waals surface area contributed by atoms with Crippen LogP contribution >= 0.6 is 11.8 Å². The largest absolute Gasteiger partial charge is 0.481 e. The zero-order valence-corrected chi connectivity index (χ0v) is 26.1. The molecule has 4 aliphatic heterocycles. The Bertz CT molecular complexity index is 1530. The number of aliphatic carboxylic acids is 2. The van der Waals surface area contributed by atoms with Gasteiger partial charge < -0.3 is 31.1 Å². The summed E-state index contributed by atoms with van der Waals surface area (Å²) < 4.78 is 0. The van der Waals surface area contributed by atoms with Gasteiger partial charge in [-0.25, -0.2) is 0 Å². The van der Waals surface area contributed by atoms with E-state index in [4.69, 9.17) is 0 Å². The molecular weight excluding hydrogens is 580 g/mol. The van der Waals surface area contributed by atoms with Gasteiger partial charge in [-0.2, -0.15) is 11.8 Å². The van der Waals surface area contributed by atoms with Crippen molar-refractivity contribution in [1.82, 2.24) is 20.9 Å². The molecule has 1 aromatic rings. The van der Waals surface area contributed by atoms with E-state index in [0.29, 0.717) is 30.1 Å². The van der Waals surface area contributed by atoms with Crippen LogP contribution in [-0.4, -0.2) is 62.0 Å². The molecule has 5 rings (SSSR count). The smallest absolute Gasteiger partial charge is 0.303 e. The third-order valence-electron chi connectivity index (χ3n) is 9.33. The maximum atomic E-state index is 12.6. The summed E-state index contributed by atoms with van der Waals surface area (Å²) in [7, 11) is 0. The van der Waals surface area contributed by atoms with Crippen molar-refractivity contribution in [2.45, 2.75) is 70.2 Å².